The van der Waals surface area contributed by atoms with Crippen molar-refractivity contribution in [2.45, 2.75) is 50.5 Å². The summed E-state index contributed by atoms with van der Waals surface area (Å²) in [7, 11) is 2.08. The molecular formula is C12H19N3. The molecule has 1 heterocycles. The summed E-state index contributed by atoms with van der Waals surface area (Å²) < 4.78 is 2.07. The maximum Gasteiger partial charge on any atom is 0.148 e. The van der Waals surface area contributed by atoms with E-state index in [9.17, 15) is 0 Å². The summed E-state index contributed by atoms with van der Waals surface area (Å²) >= 11 is 0. The molecule has 2 fully saturated rings. The average Bonchev–Trinajstić information content (AvgIpc) is 2.76. The highest BCUT2D eigenvalue weighted by Crippen LogP contribution is 2.35. The lowest BCUT2D eigenvalue weighted by molar-refractivity contribution is 0.617. The van der Waals surface area contributed by atoms with Crippen LogP contribution in [-0.2, 0) is 7.05 Å². The van der Waals surface area contributed by atoms with Crippen molar-refractivity contribution in [1.29, 1.82) is 0 Å². The topological polar surface area (TPSA) is 29.9 Å². The fraction of sp³-hybridized carbons (Fsp3) is 0.750. The fourth-order valence-corrected chi connectivity index (χ4v) is 2.59. The largest absolute Gasteiger partial charge is 0.366 e. The molecule has 0 aliphatic heterocycles. The van der Waals surface area contributed by atoms with Gasteiger partial charge in [-0.05, 0) is 25.7 Å². The smallest absolute Gasteiger partial charge is 0.148 e. The van der Waals surface area contributed by atoms with E-state index in [1.807, 2.05) is 0 Å². The Bertz CT molecular complexity index is 346. The predicted octanol–water partition coefficient (Wildman–Crippen LogP) is 2.65. The summed E-state index contributed by atoms with van der Waals surface area (Å²) in [6.07, 6.45) is 8.11. The number of hydrogen-bond donors (Lipinski definition) is 1. The maximum atomic E-state index is 4.54. The van der Waals surface area contributed by atoms with Crippen molar-refractivity contribution in [2.24, 2.45) is 7.05 Å². The molecule has 0 saturated heterocycles. The van der Waals surface area contributed by atoms with E-state index in [0.29, 0.717) is 6.04 Å². The molecule has 0 amide bonds. The first-order valence-electron chi connectivity index (χ1n) is 6.13. The normalized spacial score (nSPS) is 22.2. The van der Waals surface area contributed by atoms with Crippen LogP contribution >= 0.6 is 0 Å². The number of aromatic nitrogens is 2. The van der Waals surface area contributed by atoms with Crippen LogP contribution in [0.25, 0.3) is 0 Å². The van der Waals surface area contributed by atoms with E-state index in [4.69, 9.17) is 0 Å². The third-order valence-corrected chi connectivity index (χ3v) is 3.62. The quantitative estimate of drug-likeness (QED) is 0.822. The minimum atomic E-state index is 0.705. The van der Waals surface area contributed by atoms with E-state index in [1.54, 1.807) is 0 Å². The Morgan fingerprint density at radius 1 is 1.27 bits per heavy atom. The van der Waals surface area contributed by atoms with Gasteiger partial charge in [0.05, 0.1) is 0 Å². The second-order valence-corrected chi connectivity index (χ2v) is 4.98. The lowest BCUT2D eigenvalue weighted by Gasteiger charge is -2.07. The highest BCUT2D eigenvalue weighted by Gasteiger charge is 2.24. The van der Waals surface area contributed by atoms with Crippen molar-refractivity contribution in [1.82, 2.24) is 9.78 Å². The van der Waals surface area contributed by atoms with Crippen LogP contribution < -0.4 is 5.32 Å². The first-order valence-corrected chi connectivity index (χ1v) is 6.13. The van der Waals surface area contributed by atoms with Gasteiger partial charge in [0, 0.05) is 30.8 Å². The van der Waals surface area contributed by atoms with E-state index < -0.39 is 0 Å². The summed E-state index contributed by atoms with van der Waals surface area (Å²) in [5.74, 6) is 1.85. The van der Waals surface area contributed by atoms with Gasteiger partial charge >= 0.3 is 0 Å². The van der Waals surface area contributed by atoms with Crippen LogP contribution in [0.1, 0.15) is 50.1 Å². The van der Waals surface area contributed by atoms with Crippen molar-refractivity contribution >= 4 is 5.82 Å². The van der Waals surface area contributed by atoms with E-state index in [-0.39, 0.29) is 0 Å². The van der Waals surface area contributed by atoms with Gasteiger partial charge in [-0.3, -0.25) is 4.68 Å². The number of anilines is 1. The summed E-state index contributed by atoms with van der Waals surface area (Å²) in [5, 5.41) is 8.01. The van der Waals surface area contributed by atoms with Crippen molar-refractivity contribution in [2.75, 3.05) is 5.32 Å². The molecule has 0 atom stereocenters. The zero-order valence-electron chi connectivity index (χ0n) is 9.37. The van der Waals surface area contributed by atoms with Crippen molar-refractivity contribution in [3.05, 3.63) is 11.8 Å². The summed E-state index contributed by atoms with van der Waals surface area (Å²) in [6.45, 7) is 0. The maximum absolute atomic E-state index is 4.54. The van der Waals surface area contributed by atoms with Crippen LogP contribution in [0.2, 0.25) is 0 Å². The molecule has 82 valence electrons. The lowest BCUT2D eigenvalue weighted by Crippen LogP contribution is -2.03. The van der Waals surface area contributed by atoms with Gasteiger partial charge in [0.2, 0.25) is 0 Å². The third kappa shape index (κ3) is 1.87. The van der Waals surface area contributed by atoms with Crippen LogP contribution in [0.4, 0.5) is 5.82 Å². The second-order valence-electron chi connectivity index (χ2n) is 4.98. The molecule has 1 aromatic heterocycles. The Hall–Kier alpha value is -0.990. The van der Waals surface area contributed by atoms with E-state index >= 15 is 0 Å². The standard InChI is InChI=1S/C12H19N3/c1-15-11(9-4-2-3-5-9)8-12(14-15)13-10-6-7-10/h8-10H,2-7H2,1H3,(H,13,14). The summed E-state index contributed by atoms with van der Waals surface area (Å²) in [5.41, 5.74) is 1.43. The average molecular weight is 205 g/mol. The van der Waals surface area contributed by atoms with Gasteiger partial charge in [-0.1, -0.05) is 12.8 Å². The molecular weight excluding hydrogens is 186 g/mol. The SMILES string of the molecule is Cn1nc(NC2CC2)cc1C1CCCC1. The minimum absolute atomic E-state index is 0.705. The van der Waals surface area contributed by atoms with Crippen molar-refractivity contribution in [3.8, 4) is 0 Å². The molecule has 0 bridgehead atoms. The molecule has 3 heteroatoms. The van der Waals surface area contributed by atoms with E-state index in [1.165, 1.54) is 44.2 Å². The Balaban J connectivity index is 1.77. The van der Waals surface area contributed by atoms with Gasteiger partial charge in [-0.25, -0.2) is 0 Å². The molecule has 0 aromatic carbocycles. The number of aryl methyl sites for hydroxylation is 1. The Morgan fingerprint density at radius 3 is 2.67 bits per heavy atom. The monoisotopic (exact) mass is 205 g/mol. The number of rotatable bonds is 3. The highest BCUT2D eigenvalue weighted by atomic mass is 15.3. The van der Waals surface area contributed by atoms with Crippen LogP contribution in [-0.4, -0.2) is 15.8 Å². The molecule has 0 radical (unpaired) electrons. The molecule has 0 unspecified atom stereocenters. The van der Waals surface area contributed by atoms with E-state index in [0.717, 1.165) is 11.7 Å². The molecule has 1 N–H and O–H groups in total. The number of nitrogens with one attached hydrogen (secondary N) is 1. The summed E-state index contributed by atoms with van der Waals surface area (Å²) in [4.78, 5) is 0. The van der Waals surface area contributed by atoms with Crippen LogP contribution in [0, 0.1) is 0 Å². The zero-order valence-corrected chi connectivity index (χ0v) is 9.37. The molecule has 0 spiro atoms. The number of hydrogen-bond acceptors (Lipinski definition) is 2. The van der Waals surface area contributed by atoms with Gasteiger partial charge in [0.25, 0.3) is 0 Å². The predicted molar refractivity (Wildman–Crippen MR) is 61.1 cm³/mol. The van der Waals surface area contributed by atoms with Gasteiger partial charge in [-0.2, -0.15) is 5.10 Å². The molecule has 3 nitrogen and oxygen atoms in total. The second kappa shape index (κ2) is 3.54. The fourth-order valence-electron chi connectivity index (χ4n) is 2.59. The first kappa shape index (κ1) is 9.25. The Morgan fingerprint density at radius 2 is 2.00 bits per heavy atom. The highest BCUT2D eigenvalue weighted by molar-refractivity contribution is 5.39. The van der Waals surface area contributed by atoms with Gasteiger partial charge in [-0.15, -0.1) is 0 Å². The minimum Gasteiger partial charge on any atom is -0.366 e. The lowest BCUT2D eigenvalue weighted by atomic mass is 10.0. The van der Waals surface area contributed by atoms with E-state index in [2.05, 4.69) is 28.2 Å². The van der Waals surface area contributed by atoms with Crippen molar-refractivity contribution < 1.29 is 0 Å². The molecule has 2 aliphatic carbocycles. The Labute approximate surface area is 90.9 Å². The molecule has 3 rings (SSSR count). The van der Waals surface area contributed by atoms with Crippen molar-refractivity contribution in [3.63, 3.8) is 0 Å². The van der Waals surface area contributed by atoms with Gasteiger partial charge < -0.3 is 5.32 Å². The third-order valence-electron chi connectivity index (χ3n) is 3.62. The first-order chi connectivity index (χ1) is 7.33. The zero-order chi connectivity index (χ0) is 10.3. The molecule has 15 heavy (non-hydrogen) atoms. The van der Waals surface area contributed by atoms with Crippen LogP contribution in [0.15, 0.2) is 6.07 Å². The van der Waals surface area contributed by atoms with Crippen LogP contribution in [0.3, 0.4) is 0 Å². The summed E-state index contributed by atoms with van der Waals surface area (Å²) in [6, 6.07) is 2.96. The number of nitrogens with zero attached hydrogens (tertiary/aromatic N) is 2. The molecule has 1 aromatic rings. The molecule has 2 aliphatic rings. The van der Waals surface area contributed by atoms with Gasteiger partial charge in [0.1, 0.15) is 5.82 Å². The Kier molecular flexibility index (Phi) is 2.19. The van der Waals surface area contributed by atoms with Crippen LogP contribution in [0.5, 0.6) is 0 Å². The molecule has 2 saturated carbocycles. The van der Waals surface area contributed by atoms with Gasteiger partial charge in [0.15, 0.2) is 0 Å².